The lowest BCUT2D eigenvalue weighted by Gasteiger charge is -2.30. The molecule has 0 bridgehead atoms. The Morgan fingerprint density at radius 2 is 1.72 bits per heavy atom. The number of hydrogen-bond acceptors (Lipinski definition) is 20. The molecule has 0 spiro atoms. The number of allylic oxidation sites excluding steroid dienone is 1. The molecule has 0 aliphatic carbocycles. The van der Waals surface area contributed by atoms with Crippen molar-refractivity contribution in [2.75, 3.05) is 37.8 Å². The van der Waals surface area contributed by atoms with Crippen molar-refractivity contribution in [1.29, 1.82) is 0 Å². The summed E-state index contributed by atoms with van der Waals surface area (Å²) in [5, 5.41) is 44.1. The lowest BCUT2D eigenvalue weighted by molar-refractivity contribution is -0.139. The molecule has 8 atom stereocenters. The second-order valence-corrected chi connectivity index (χ2v) is 18.8. The Morgan fingerprint density at radius 3 is 2.38 bits per heavy atom. The summed E-state index contributed by atoms with van der Waals surface area (Å²) in [5.41, 5.74) is 4.19. The molecule has 1 aliphatic rings. The highest BCUT2D eigenvalue weighted by atomic mass is 32.2. The maximum atomic E-state index is 12.7. The van der Waals surface area contributed by atoms with Gasteiger partial charge in [-0.1, -0.05) is 37.8 Å². The summed E-state index contributed by atoms with van der Waals surface area (Å²) in [5.74, 6) is -2.50. The van der Waals surface area contributed by atoms with E-state index in [0.29, 0.717) is 0 Å². The Balaban J connectivity index is 1.43. The van der Waals surface area contributed by atoms with E-state index in [9.17, 15) is 67.8 Å². The number of thioether (sulfide) groups is 1. The number of anilines is 1. The number of aliphatic hydroxyl groups is 3. The Bertz CT molecular complexity index is 2000. The number of fused-ring (bicyclic) bond motifs is 1. The monoisotopic (exact) mass is 937 g/mol. The van der Waals surface area contributed by atoms with Gasteiger partial charge in [-0.15, -0.1) is 0 Å². The molecule has 2 aromatic rings. The molecule has 0 aromatic carbocycles. The lowest BCUT2D eigenvalue weighted by Crippen LogP contribution is -2.46. The molecule has 31 heteroatoms. The van der Waals surface area contributed by atoms with Crippen LogP contribution in [0.15, 0.2) is 24.8 Å². The van der Waals surface area contributed by atoms with Crippen molar-refractivity contribution >= 4 is 75.1 Å². The lowest BCUT2D eigenvalue weighted by atomic mass is 9.87. The number of aliphatic hydroxyl groups excluding tert-OH is 3. The zero-order chi connectivity index (χ0) is 45.1. The summed E-state index contributed by atoms with van der Waals surface area (Å²) >= 11 is 0.932. The number of carboxylic acid groups (broad SMARTS) is 1. The van der Waals surface area contributed by atoms with E-state index in [-0.39, 0.29) is 60.2 Å². The van der Waals surface area contributed by atoms with Gasteiger partial charge in [0.05, 0.1) is 32.1 Å². The summed E-state index contributed by atoms with van der Waals surface area (Å²) in [4.78, 5) is 98.1. The van der Waals surface area contributed by atoms with Gasteiger partial charge in [-0.3, -0.25) is 37.3 Å². The standard InChI is InChI=1S/C29H46N7O20P3S/c1-29(2,24(43)27(44)32-8-7-18(38)31-9-10-60-20(41)6-4-3-5-16(37)11-19(39)40)13-53-59(50,51)56-58(48,49)52-12-17-23(55-57(45,46)47)22(42)28(54-17)36-15-35-21-25(30)33-14-34-26(21)36/h3-4,14-17,22-24,28,37,42-43H,5-13H2,1-2H3,(H,31,38)(H,32,44)(H,39,40)(H,48,49)(H,50,51)(H2,30,33,34)(H2,45,46,47)/b4-3+. The number of nitrogen functional groups attached to an aromatic ring is 1. The molecule has 1 aliphatic heterocycles. The maximum absolute atomic E-state index is 12.7. The van der Waals surface area contributed by atoms with E-state index < -0.39 is 103 Å². The molecule has 0 saturated carbocycles. The number of carboxylic acids is 1. The molecule has 1 saturated heterocycles. The SMILES string of the molecule is CC(C)(COP(=O)(O)OP(=O)(O)OCC1OC(n2cnc3c(N)ncnc32)C(O)C1OP(=O)(O)O)C(O)C(=O)NCCC(=O)NCCSC(=O)C/C=C/CC(O)CC(=O)O. The van der Waals surface area contributed by atoms with Gasteiger partial charge < -0.3 is 61.1 Å². The van der Waals surface area contributed by atoms with E-state index in [1.54, 1.807) is 0 Å². The molecule has 3 heterocycles. The predicted octanol–water partition coefficient (Wildman–Crippen LogP) is -1.16. The summed E-state index contributed by atoms with van der Waals surface area (Å²) in [6.45, 7) is 0.231. The number of hydrogen-bond donors (Lipinski definition) is 11. The third-order valence-electron chi connectivity index (χ3n) is 8.03. The van der Waals surface area contributed by atoms with E-state index in [2.05, 4.69) is 34.4 Å². The van der Waals surface area contributed by atoms with Gasteiger partial charge >= 0.3 is 29.4 Å². The summed E-state index contributed by atoms with van der Waals surface area (Å²) in [6, 6.07) is 0. The zero-order valence-electron chi connectivity index (χ0n) is 31.7. The van der Waals surface area contributed by atoms with Crippen LogP contribution in [0.4, 0.5) is 5.82 Å². The van der Waals surface area contributed by atoms with Gasteiger partial charge in [0, 0.05) is 37.1 Å². The summed E-state index contributed by atoms with van der Waals surface area (Å²) in [7, 11) is -16.5. The van der Waals surface area contributed by atoms with E-state index in [0.717, 1.165) is 29.0 Å². The van der Waals surface area contributed by atoms with Crippen LogP contribution in [0.5, 0.6) is 0 Å². The average molecular weight is 938 g/mol. The van der Waals surface area contributed by atoms with E-state index in [1.165, 1.54) is 26.0 Å². The van der Waals surface area contributed by atoms with Gasteiger partial charge in [0.1, 0.15) is 36.3 Å². The van der Waals surface area contributed by atoms with Crippen LogP contribution >= 0.6 is 35.2 Å². The number of ether oxygens (including phenoxy) is 1. The number of nitrogens with two attached hydrogens (primary N) is 1. The largest absolute Gasteiger partial charge is 0.481 e. The first-order valence-corrected chi connectivity index (χ1v) is 22.9. The van der Waals surface area contributed by atoms with Crippen LogP contribution in [0.2, 0.25) is 0 Å². The fraction of sp³-hybridized carbons (Fsp3) is 0.621. The van der Waals surface area contributed by atoms with E-state index in [4.69, 9.17) is 24.6 Å². The number of phosphoric acid groups is 3. The topological polar surface area (TPSA) is 421 Å². The third-order valence-corrected chi connectivity index (χ3v) is 12.0. The third kappa shape index (κ3) is 16.5. The molecule has 8 unspecified atom stereocenters. The van der Waals surface area contributed by atoms with Gasteiger partial charge in [0.2, 0.25) is 11.8 Å². The van der Waals surface area contributed by atoms with Gasteiger partial charge in [-0.25, -0.2) is 28.6 Å². The van der Waals surface area contributed by atoms with Gasteiger partial charge in [0.15, 0.2) is 22.8 Å². The number of nitrogens with zero attached hydrogens (tertiary/aromatic N) is 4. The Kier molecular flexibility index (Phi) is 18.9. The normalized spacial score (nSPS) is 21.6. The minimum absolute atomic E-state index is 0.0174. The highest BCUT2D eigenvalue weighted by Gasteiger charge is 2.50. The molecule has 12 N–H and O–H groups in total. The molecular formula is C29H46N7O20P3S. The number of carbonyl (C=O) groups is 4. The summed E-state index contributed by atoms with van der Waals surface area (Å²) in [6.07, 6.45) is -5.50. The van der Waals surface area contributed by atoms with Crippen LogP contribution in [0, 0.1) is 5.41 Å². The zero-order valence-corrected chi connectivity index (χ0v) is 35.2. The molecule has 1 fully saturated rings. The molecule has 2 amide bonds. The molecule has 3 rings (SSSR count). The van der Waals surface area contributed by atoms with Crippen LogP contribution < -0.4 is 16.4 Å². The average Bonchev–Trinajstić information content (AvgIpc) is 3.69. The fourth-order valence-electron chi connectivity index (χ4n) is 5.07. The van der Waals surface area contributed by atoms with Crippen molar-refractivity contribution in [2.24, 2.45) is 5.41 Å². The van der Waals surface area contributed by atoms with Crippen LogP contribution in [-0.4, -0.2) is 145 Å². The number of phosphoric ester groups is 3. The quantitative estimate of drug-likeness (QED) is 0.0318. The molecule has 2 aromatic heterocycles. The first-order chi connectivity index (χ1) is 27.8. The molecule has 338 valence electrons. The second-order valence-electron chi connectivity index (χ2n) is 13.5. The number of nitrogens with one attached hydrogen (secondary N) is 2. The Morgan fingerprint density at radius 1 is 1.03 bits per heavy atom. The highest BCUT2D eigenvalue weighted by Crippen LogP contribution is 2.61. The maximum Gasteiger partial charge on any atom is 0.481 e. The van der Waals surface area contributed by atoms with Crippen molar-refractivity contribution in [2.45, 2.75) is 76.3 Å². The van der Waals surface area contributed by atoms with Crippen molar-refractivity contribution in [3.63, 3.8) is 0 Å². The Labute approximate surface area is 344 Å². The number of carbonyl (C=O) groups excluding carboxylic acids is 3. The predicted molar refractivity (Wildman–Crippen MR) is 204 cm³/mol. The van der Waals surface area contributed by atoms with E-state index in [1.807, 2.05) is 0 Å². The number of aromatic nitrogens is 4. The van der Waals surface area contributed by atoms with Crippen LogP contribution in [0.25, 0.3) is 11.2 Å². The molecule has 60 heavy (non-hydrogen) atoms. The number of imidazole rings is 1. The summed E-state index contributed by atoms with van der Waals surface area (Å²) < 4.78 is 62.1. The highest BCUT2D eigenvalue weighted by molar-refractivity contribution is 8.13. The minimum atomic E-state index is -5.60. The van der Waals surface area contributed by atoms with Gasteiger partial charge in [-0.2, -0.15) is 4.31 Å². The first kappa shape index (κ1) is 51.1. The van der Waals surface area contributed by atoms with Gasteiger partial charge in [0.25, 0.3) is 0 Å². The van der Waals surface area contributed by atoms with Crippen LogP contribution in [0.3, 0.4) is 0 Å². The number of rotatable bonds is 25. The number of aliphatic carboxylic acids is 1. The van der Waals surface area contributed by atoms with Crippen LogP contribution in [-0.2, 0) is 55.5 Å². The van der Waals surface area contributed by atoms with E-state index >= 15 is 0 Å². The number of amides is 2. The van der Waals surface area contributed by atoms with Crippen molar-refractivity contribution in [3.05, 3.63) is 24.8 Å². The Hall–Kier alpha value is -3.27. The van der Waals surface area contributed by atoms with Crippen LogP contribution in [0.1, 0.15) is 45.8 Å². The fourth-order valence-corrected chi connectivity index (χ4v) is 8.55. The molecular weight excluding hydrogens is 891 g/mol. The second kappa shape index (κ2) is 22.2. The van der Waals surface area contributed by atoms with Crippen molar-refractivity contribution in [3.8, 4) is 0 Å². The smallest absolute Gasteiger partial charge is 0.481 e. The first-order valence-electron chi connectivity index (χ1n) is 17.4. The molecule has 27 nitrogen and oxygen atoms in total. The van der Waals surface area contributed by atoms with Gasteiger partial charge in [-0.05, 0) is 6.42 Å². The minimum Gasteiger partial charge on any atom is -0.481 e. The van der Waals surface area contributed by atoms with Crippen molar-refractivity contribution in [1.82, 2.24) is 30.2 Å². The van der Waals surface area contributed by atoms with Crippen molar-refractivity contribution < 1.29 is 95.5 Å². The molecule has 0 radical (unpaired) electrons.